The summed E-state index contributed by atoms with van der Waals surface area (Å²) < 4.78 is 23.5. The minimum absolute atomic E-state index is 0.0780. The summed E-state index contributed by atoms with van der Waals surface area (Å²) in [4.78, 5) is 0. The van der Waals surface area contributed by atoms with Crippen molar-refractivity contribution in [3.63, 3.8) is 0 Å². The molecule has 0 heterocycles. The van der Waals surface area contributed by atoms with Gasteiger partial charge in [0.2, 0.25) is 0 Å². The molecule has 0 aromatic carbocycles. The Morgan fingerprint density at radius 1 is 1.25 bits per heavy atom. The Balaban J connectivity index is 2.62. The molecule has 120 valence electrons. The first-order chi connectivity index (χ1) is 9.14. The molecule has 2 atom stereocenters. The molecule has 1 aliphatic rings. The predicted molar refractivity (Wildman–Crippen MR) is 83.6 cm³/mol. The van der Waals surface area contributed by atoms with Crippen LogP contribution in [-0.4, -0.2) is 43.7 Å². The Hall–Kier alpha value is -0.130. The normalized spacial score (nSPS) is 30.4. The summed E-state index contributed by atoms with van der Waals surface area (Å²) in [6.07, 6.45) is 3.64. The number of aliphatic hydroxyl groups excluding tert-OH is 1. The summed E-state index contributed by atoms with van der Waals surface area (Å²) in [6.45, 7) is 9.05. The number of rotatable bonds is 7. The van der Waals surface area contributed by atoms with Gasteiger partial charge in [-0.25, -0.2) is 8.42 Å². The SMILES string of the molecule is CCCS(=O)(=O)CCN[C@@]1(CO)C[C@@H](C)CC(C)(C)C1. The average molecular weight is 305 g/mol. The second-order valence-corrected chi connectivity index (χ2v) is 9.68. The average Bonchev–Trinajstić information content (AvgIpc) is 2.25. The fourth-order valence-corrected chi connectivity index (χ4v) is 5.18. The van der Waals surface area contributed by atoms with E-state index < -0.39 is 9.84 Å². The number of hydrogen-bond acceptors (Lipinski definition) is 4. The molecule has 0 aromatic rings. The highest BCUT2D eigenvalue weighted by atomic mass is 32.2. The first-order valence-electron chi connectivity index (χ1n) is 7.70. The largest absolute Gasteiger partial charge is 0.394 e. The van der Waals surface area contributed by atoms with Crippen LogP contribution < -0.4 is 5.32 Å². The number of aliphatic hydroxyl groups is 1. The molecule has 0 radical (unpaired) electrons. The van der Waals surface area contributed by atoms with Crippen molar-refractivity contribution < 1.29 is 13.5 Å². The zero-order chi connectivity index (χ0) is 15.4. The molecule has 1 rings (SSSR count). The summed E-state index contributed by atoms with van der Waals surface area (Å²) in [6, 6.07) is 0. The van der Waals surface area contributed by atoms with Gasteiger partial charge in [-0.1, -0.05) is 27.7 Å². The van der Waals surface area contributed by atoms with E-state index in [0.717, 1.165) is 19.3 Å². The lowest BCUT2D eigenvalue weighted by Crippen LogP contribution is -2.56. The van der Waals surface area contributed by atoms with E-state index in [9.17, 15) is 13.5 Å². The van der Waals surface area contributed by atoms with E-state index in [4.69, 9.17) is 0 Å². The van der Waals surface area contributed by atoms with Crippen LogP contribution in [0.1, 0.15) is 53.4 Å². The van der Waals surface area contributed by atoms with Crippen LogP contribution in [0.2, 0.25) is 0 Å². The lowest BCUT2D eigenvalue weighted by molar-refractivity contribution is 0.0378. The number of nitrogens with one attached hydrogen (secondary N) is 1. The number of hydrogen-bond donors (Lipinski definition) is 2. The molecular formula is C15H31NO3S. The molecule has 20 heavy (non-hydrogen) atoms. The molecule has 1 saturated carbocycles. The van der Waals surface area contributed by atoms with Crippen LogP contribution in [0, 0.1) is 11.3 Å². The first kappa shape index (κ1) is 17.9. The van der Waals surface area contributed by atoms with Gasteiger partial charge >= 0.3 is 0 Å². The molecular weight excluding hydrogens is 274 g/mol. The minimum Gasteiger partial charge on any atom is -0.394 e. The molecule has 0 bridgehead atoms. The van der Waals surface area contributed by atoms with E-state index in [1.165, 1.54) is 0 Å². The van der Waals surface area contributed by atoms with Crippen molar-refractivity contribution in [2.75, 3.05) is 24.7 Å². The van der Waals surface area contributed by atoms with Gasteiger partial charge in [0.15, 0.2) is 9.84 Å². The van der Waals surface area contributed by atoms with Crippen molar-refractivity contribution in [3.8, 4) is 0 Å². The topological polar surface area (TPSA) is 66.4 Å². The molecule has 0 aromatic heterocycles. The van der Waals surface area contributed by atoms with Gasteiger partial charge in [0.25, 0.3) is 0 Å². The Labute approximate surface area is 124 Å². The van der Waals surface area contributed by atoms with Gasteiger partial charge in [0.05, 0.1) is 12.4 Å². The monoisotopic (exact) mass is 305 g/mol. The Kier molecular flexibility index (Phi) is 6.05. The lowest BCUT2D eigenvalue weighted by atomic mass is 9.64. The maximum absolute atomic E-state index is 11.8. The Morgan fingerprint density at radius 3 is 2.40 bits per heavy atom. The summed E-state index contributed by atoms with van der Waals surface area (Å²) in [5.74, 6) is 0.964. The van der Waals surface area contributed by atoms with Crippen LogP contribution in [-0.2, 0) is 9.84 Å². The van der Waals surface area contributed by atoms with E-state index in [0.29, 0.717) is 18.9 Å². The Morgan fingerprint density at radius 2 is 1.90 bits per heavy atom. The zero-order valence-corrected chi connectivity index (χ0v) is 14.2. The maximum Gasteiger partial charge on any atom is 0.151 e. The second kappa shape index (κ2) is 6.75. The van der Waals surface area contributed by atoms with Gasteiger partial charge in [-0.05, 0) is 37.0 Å². The van der Waals surface area contributed by atoms with Crippen LogP contribution in [0.15, 0.2) is 0 Å². The summed E-state index contributed by atoms with van der Waals surface area (Å²) in [5, 5.41) is 13.2. The molecule has 0 saturated heterocycles. The van der Waals surface area contributed by atoms with Crippen molar-refractivity contribution in [1.82, 2.24) is 5.32 Å². The van der Waals surface area contributed by atoms with Gasteiger partial charge < -0.3 is 10.4 Å². The summed E-state index contributed by atoms with van der Waals surface area (Å²) in [5.41, 5.74) is -0.126. The fourth-order valence-electron chi connectivity index (χ4n) is 3.94. The van der Waals surface area contributed by atoms with Gasteiger partial charge in [0.1, 0.15) is 0 Å². The van der Waals surface area contributed by atoms with Crippen LogP contribution in [0.4, 0.5) is 0 Å². The highest BCUT2D eigenvalue weighted by Crippen LogP contribution is 2.43. The predicted octanol–water partition coefficient (Wildman–Crippen LogP) is 1.98. The molecule has 0 unspecified atom stereocenters. The lowest BCUT2D eigenvalue weighted by Gasteiger charge is -2.47. The van der Waals surface area contributed by atoms with E-state index in [1.807, 2.05) is 6.92 Å². The van der Waals surface area contributed by atoms with Crippen LogP contribution >= 0.6 is 0 Å². The van der Waals surface area contributed by atoms with Crippen molar-refractivity contribution in [2.24, 2.45) is 11.3 Å². The van der Waals surface area contributed by atoms with Crippen molar-refractivity contribution in [3.05, 3.63) is 0 Å². The van der Waals surface area contributed by atoms with Gasteiger partial charge in [-0.2, -0.15) is 0 Å². The summed E-state index contributed by atoms with van der Waals surface area (Å²) in [7, 11) is -2.95. The highest BCUT2D eigenvalue weighted by molar-refractivity contribution is 7.91. The Bertz CT molecular complexity index is 405. The summed E-state index contributed by atoms with van der Waals surface area (Å²) >= 11 is 0. The maximum atomic E-state index is 11.8. The van der Waals surface area contributed by atoms with Crippen LogP contribution in [0.25, 0.3) is 0 Å². The third-order valence-electron chi connectivity index (χ3n) is 4.19. The molecule has 5 heteroatoms. The van der Waals surface area contributed by atoms with E-state index >= 15 is 0 Å². The second-order valence-electron chi connectivity index (χ2n) is 7.37. The molecule has 0 amide bonds. The van der Waals surface area contributed by atoms with Crippen LogP contribution in [0.3, 0.4) is 0 Å². The van der Waals surface area contributed by atoms with Crippen molar-refractivity contribution >= 4 is 9.84 Å². The third kappa shape index (κ3) is 5.34. The van der Waals surface area contributed by atoms with Gasteiger partial charge in [-0.15, -0.1) is 0 Å². The van der Waals surface area contributed by atoms with Gasteiger partial charge in [-0.3, -0.25) is 0 Å². The van der Waals surface area contributed by atoms with Crippen molar-refractivity contribution in [1.29, 1.82) is 0 Å². The molecule has 0 aliphatic heterocycles. The quantitative estimate of drug-likeness (QED) is 0.755. The van der Waals surface area contributed by atoms with Gasteiger partial charge in [0, 0.05) is 17.8 Å². The molecule has 1 fully saturated rings. The standard InChI is InChI=1S/C15H31NO3S/c1-5-7-20(18,19)8-6-16-15(12-17)10-13(2)9-14(3,4)11-15/h13,16-17H,5-12H2,1-4H3/t13-,15-/m0/s1. The first-order valence-corrected chi connectivity index (χ1v) is 9.52. The smallest absolute Gasteiger partial charge is 0.151 e. The molecule has 0 spiro atoms. The highest BCUT2D eigenvalue weighted by Gasteiger charge is 2.42. The van der Waals surface area contributed by atoms with Crippen molar-refractivity contribution in [2.45, 2.75) is 58.9 Å². The van der Waals surface area contributed by atoms with E-state index in [1.54, 1.807) is 0 Å². The fraction of sp³-hybridized carbons (Fsp3) is 1.00. The molecule has 1 aliphatic carbocycles. The minimum atomic E-state index is -2.95. The number of sulfone groups is 1. The third-order valence-corrected chi connectivity index (χ3v) is 6.04. The zero-order valence-electron chi connectivity index (χ0n) is 13.4. The van der Waals surface area contributed by atoms with E-state index in [-0.39, 0.29) is 29.1 Å². The van der Waals surface area contributed by atoms with Crippen LogP contribution in [0.5, 0.6) is 0 Å². The molecule has 4 nitrogen and oxygen atoms in total. The van der Waals surface area contributed by atoms with E-state index in [2.05, 4.69) is 26.1 Å². The molecule has 2 N–H and O–H groups in total.